The number of unbranched alkanes of at least 4 members (excludes halogenated alkanes) is 4. The number of anilines is 2. The van der Waals surface area contributed by atoms with Gasteiger partial charge >= 0.3 is 0 Å². The number of hydrogen-bond acceptors (Lipinski definition) is 6. The van der Waals surface area contributed by atoms with Crippen molar-refractivity contribution in [3.05, 3.63) is 48.0 Å². The third-order valence-electron chi connectivity index (χ3n) is 6.03. The summed E-state index contributed by atoms with van der Waals surface area (Å²) in [5.74, 6) is 1.99. The van der Waals surface area contributed by atoms with Crippen LogP contribution in [0.3, 0.4) is 0 Å². The summed E-state index contributed by atoms with van der Waals surface area (Å²) in [6, 6.07) is 11.6. The molecular weight excluding hydrogens is 412 g/mol. The number of nitrogens with two attached hydrogens (primary N) is 2. The molecule has 0 unspecified atom stereocenters. The van der Waals surface area contributed by atoms with E-state index in [0.717, 1.165) is 71.3 Å². The molecule has 0 bridgehead atoms. The summed E-state index contributed by atoms with van der Waals surface area (Å²) in [5.41, 5.74) is 17.2. The van der Waals surface area contributed by atoms with Gasteiger partial charge in [-0.1, -0.05) is 19.3 Å². The van der Waals surface area contributed by atoms with Crippen LogP contribution in [0.2, 0.25) is 0 Å². The topological polar surface area (TPSA) is 116 Å². The van der Waals surface area contributed by atoms with E-state index < -0.39 is 0 Å². The molecule has 4 rings (SSSR count). The highest BCUT2D eigenvalue weighted by Crippen LogP contribution is 2.17. The third-order valence-corrected chi connectivity index (χ3v) is 6.03. The maximum absolute atomic E-state index is 5.85. The maximum atomic E-state index is 5.85. The number of nitrogen functional groups attached to an aromatic ring is 2. The molecule has 0 saturated heterocycles. The Morgan fingerprint density at radius 2 is 1.09 bits per heavy atom. The minimum atomic E-state index is 0.761. The fourth-order valence-electron chi connectivity index (χ4n) is 4.27. The van der Waals surface area contributed by atoms with E-state index in [1.54, 1.807) is 0 Å². The molecule has 2 heterocycles. The molecule has 0 fully saturated rings. The molecule has 0 aliphatic rings. The van der Waals surface area contributed by atoms with Crippen LogP contribution in [0, 0.1) is 0 Å². The quantitative estimate of drug-likeness (QED) is 0.191. The third kappa shape index (κ3) is 6.46. The minimum absolute atomic E-state index is 0.761. The molecule has 6 N–H and O–H groups in total. The number of fused-ring (bicyclic) bond motifs is 2. The summed E-state index contributed by atoms with van der Waals surface area (Å²) >= 11 is 0. The summed E-state index contributed by atoms with van der Waals surface area (Å²) in [6.45, 7) is 3.81. The van der Waals surface area contributed by atoms with Crippen LogP contribution in [0.5, 0.6) is 0 Å². The average Bonchev–Trinajstić information content (AvgIpc) is 3.34. The monoisotopic (exact) mass is 448 g/mol. The van der Waals surface area contributed by atoms with Crippen LogP contribution in [0.4, 0.5) is 11.4 Å². The lowest BCUT2D eigenvalue weighted by Gasteiger charge is -2.16. The van der Waals surface area contributed by atoms with Gasteiger partial charge in [0, 0.05) is 11.4 Å². The van der Waals surface area contributed by atoms with Crippen molar-refractivity contribution in [3.63, 3.8) is 0 Å². The van der Waals surface area contributed by atoms with Crippen LogP contribution in [0.25, 0.3) is 22.1 Å². The van der Waals surface area contributed by atoms with Crippen molar-refractivity contribution in [2.45, 2.75) is 45.2 Å². The predicted molar refractivity (Wildman–Crippen MR) is 137 cm³/mol. The van der Waals surface area contributed by atoms with Crippen molar-refractivity contribution in [1.82, 2.24) is 29.7 Å². The van der Waals surface area contributed by atoms with E-state index >= 15 is 0 Å². The Bertz CT molecular complexity index is 1090. The van der Waals surface area contributed by atoms with Crippen molar-refractivity contribution in [3.8, 4) is 0 Å². The molecule has 0 aliphatic carbocycles. The smallest absolute Gasteiger partial charge is 0.121 e. The summed E-state index contributed by atoms with van der Waals surface area (Å²) in [7, 11) is 4.31. The molecular formula is C25H36N8. The summed E-state index contributed by atoms with van der Waals surface area (Å²) in [5, 5.41) is 0. The molecule has 0 aliphatic heterocycles. The second kappa shape index (κ2) is 10.7. The average molecular weight is 449 g/mol. The Morgan fingerprint density at radius 3 is 1.55 bits per heavy atom. The van der Waals surface area contributed by atoms with Crippen LogP contribution in [0.1, 0.15) is 43.8 Å². The number of benzene rings is 2. The van der Waals surface area contributed by atoms with Gasteiger partial charge in [0.05, 0.1) is 35.2 Å². The summed E-state index contributed by atoms with van der Waals surface area (Å²) < 4.78 is 0. The van der Waals surface area contributed by atoms with Crippen LogP contribution in [-0.4, -0.2) is 56.9 Å². The van der Waals surface area contributed by atoms with Gasteiger partial charge in [-0.2, -0.15) is 0 Å². The van der Waals surface area contributed by atoms with Gasteiger partial charge < -0.3 is 21.4 Å². The molecule has 0 radical (unpaired) electrons. The van der Waals surface area contributed by atoms with Gasteiger partial charge in [0.25, 0.3) is 0 Å². The van der Waals surface area contributed by atoms with E-state index in [4.69, 9.17) is 11.5 Å². The largest absolute Gasteiger partial charge is 0.399 e. The molecule has 176 valence electrons. The fraction of sp³-hybridized carbons (Fsp3) is 0.440. The standard InChI is InChI=1S/C25H36N8/c1-32(16-24-28-20-10-8-18(26)14-22(20)30-24)12-6-4-3-5-7-13-33(2)17-25-29-21-11-9-19(27)15-23(21)31-25/h8-11,14-15H,3-7,12-13,16-17,26-27H2,1-2H3,(H,28,30)(H,29,31). The van der Waals surface area contributed by atoms with E-state index in [1.165, 1.54) is 32.1 Å². The highest BCUT2D eigenvalue weighted by atomic mass is 15.1. The first-order chi connectivity index (χ1) is 16.0. The maximum Gasteiger partial charge on any atom is 0.121 e. The van der Waals surface area contributed by atoms with Crippen molar-refractivity contribution >= 4 is 33.4 Å². The Balaban J connectivity index is 1.08. The molecule has 0 atom stereocenters. The number of nitrogens with zero attached hydrogens (tertiary/aromatic N) is 4. The van der Waals surface area contributed by atoms with E-state index in [-0.39, 0.29) is 0 Å². The van der Waals surface area contributed by atoms with Gasteiger partial charge in [0.15, 0.2) is 0 Å². The van der Waals surface area contributed by atoms with Crippen molar-refractivity contribution in [2.24, 2.45) is 0 Å². The lowest BCUT2D eigenvalue weighted by molar-refractivity contribution is 0.301. The fourth-order valence-corrected chi connectivity index (χ4v) is 4.27. The van der Waals surface area contributed by atoms with Gasteiger partial charge in [0.1, 0.15) is 11.6 Å². The van der Waals surface area contributed by atoms with E-state index in [1.807, 2.05) is 36.4 Å². The zero-order valence-electron chi connectivity index (χ0n) is 19.8. The van der Waals surface area contributed by atoms with Crippen LogP contribution >= 0.6 is 0 Å². The number of hydrogen-bond donors (Lipinski definition) is 4. The van der Waals surface area contributed by atoms with Gasteiger partial charge in [0.2, 0.25) is 0 Å². The molecule has 0 spiro atoms. The highest BCUT2D eigenvalue weighted by Gasteiger charge is 2.08. The lowest BCUT2D eigenvalue weighted by atomic mass is 10.1. The second-order valence-corrected chi connectivity index (χ2v) is 9.16. The second-order valence-electron chi connectivity index (χ2n) is 9.16. The molecule has 2 aromatic heterocycles. The zero-order chi connectivity index (χ0) is 23.2. The molecule has 4 aromatic rings. The highest BCUT2D eigenvalue weighted by molar-refractivity contribution is 5.79. The molecule has 0 saturated carbocycles. The van der Waals surface area contributed by atoms with Crippen LogP contribution in [-0.2, 0) is 13.1 Å². The van der Waals surface area contributed by atoms with Crippen LogP contribution in [0.15, 0.2) is 36.4 Å². The number of nitrogens with one attached hydrogen (secondary N) is 2. The van der Waals surface area contributed by atoms with Gasteiger partial charge in [-0.15, -0.1) is 0 Å². The number of imidazole rings is 2. The van der Waals surface area contributed by atoms with Crippen molar-refractivity contribution < 1.29 is 0 Å². The first-order valence-corrected chi connectivity index (χ1v) is 11.8. The molecule has 33 heavy (non-hydrogen) atoms. The van der Waals surface area contributed by atoms with Gasteiger partial charge in [-0.25, -0.2) is 9.97 Å². The first-order valence-electron chi connectivity index (χ1n) is 11.8. The minimum Gasteiger partial charge on any atom is -0.399 e. The number of H-pyrrole nitrogens is 2. The normalized spacial score (nSPS) is 12.0. The molecule has 8 heteroatoms. The number of aromatic amines is 2. The Morgan fingerprint density at radius 1 is 0.667 bits per heavy atom. The van der Waals surface area contributed by atoms with Crippen LogP contribution < -0.4 is 11.5 Å². The lowest BCUT2D eigenvalue weighted by Crippen LogP contribution is -2.20. The zero-order valence-corrected chi connectivity index (χ0v) is 19.8. The first kappa shape index (κ1) is 23.1. The van der Waals surface area contributed by atoms with E-state index in [2.05, 4.69) is 43.8 Å². The predicted octanol–water partition coefficient (Wildman–Crippen LogP) is 4.12. The SMILES string of the molecule is CN(CCCCCCCN(C)Cc1nc2ccc(N)cc2[nH]1)Cc1nc2ccc(N)cc2[nH]1. The Hall–Kier alpha value is -3.10. The Kier molecular flexibility index (Phi) is 7.47. The van der Waals surface area contributed by atoms with Crippen molar-refractivity contribution in [2.75, 3.05) is 38.7 Å². The van der Waals surface area contributed by atoms with Gasteiger partial charge in [-0.3, -0.25) is 9.80 Å². The molecule has 2 aromatic carbocycles. The van der Waals surface area contributed by atoms with E-state index in [0.29, 0.717) is 0 Å². The molecule has 0 amide bonds. The molecule has 8 nitrogen and oxygen atoms in total. The summed E-state index contributed by atoms with van der Waals surface area (Å²) in [4.78, 5) is 20.7. The van der Waals surface area contributed by atoms with Gasteiger partial charge in [-0.05, 0) is 76.4 Å². The Labute approximate surface area is 195 Å². The number of aromatic nitrogens is 4. The van der Waals surface area contributed by atoms with E-state index in [9.17, 15) is 0 Å². The number of rotatable bonds is 12. The summed E-state index contributed by atoms with van der Waals surface area (Å²) in [6.07, 6.45) is 6.21. The van der Waals surface area contributed by atoms with Crippen molar-refractivity contribution in [1.29, 1.82) is 0 Å².